The van der Waals surface area contributed by atoms with Gasteiger partial charge < -0.3 is 10.2 Å². The summed E-state index contributed by atoms with van der Waals surface area (Å²) in [5.74, 6) is 0.337. The zero-order chi connectivity index (χ0) is 16.7. The molecule has 1 N–H and O–H groups in total. The molecule has 4 nitrogen and oxygen atoms in total. The summed E-state index contributed by atoms with van der Waals surface area (Å²) in [7, 11) is 2.17. The highest BCUT2D eigenvalue weighted by Gasteiger charge is 2.25. The van der Waals surface area contributed by atoms with Crippen molar-refractivity contribution in [3.05, 3.63) is 35.9 Å². The van der Waals surface area contributed by atoms with E-state index in [0.29, 0.717) is 6.54 Å². The van der Waals surface area contributed by atoms with Crippen molar-refractivity contribution in [2.45, 2.75) is 32.7 Å². The molecule has 1 aliphatic rings. The zero-order valence-corrected chi connectivity index (χ0v) is 14.8. The van der Waals surface area contributed by atoms with Crippen molar-refractivity contribution in [2.75, 3.05) is 39.8 Å². The Hall–Kier alpha value is -1.39. The van der Waals surface area contributed by atoms with Gasteiger partial charge in [0.1, 0.15) is 0 Å². The van der Waals surface area contributed by atoms with Crippen molar-refractivity contribution in [2.24, 2.45) is 5.92 Å². The molecule has 1 aromatic rings. The van der Waals surface area contributed by atoms with Gasteiger partial charge in [0.05, 0.1) is 6.04 Å². The van der Waals surface area contributed by atoms with Gasteiger partial charge in [-0.2, -0.15) is 0 Å². The topological polar surface area (TPSA) is 35.6 Å². The molecule has 1 unspecified atom stereocenters. The Labute approximate surface area is 140 Å². The van der Waals surface area contributed by atoms with E-state index < -0.39 is 0 Å². The Kier molecular flexibility index (Phi) is 7.06. The summed E-state index contributed by atoms with van der Waals surface area (Å²) in [6.45, 7) is 9.15. The van der Waals surface area contributed by atoms with Gasteiger partial charge in [-0.15, -0.1) is 0 Å². The number of nitrogens with one attached hydrogen (secondary N) is 1. The molecule has 0 radical (unpaired) electrons. The number of amides is 1. The van der Waals surface area contributed by atoms with Gasteiger partial charge in [0.2, 0.25) is 5.91 Å². The molecule has 0 saturated carbocycles. The molecule has 1 fully saturated rings. The number of likely N-dealkylation sites (N-methyl/N-ethyl adjacent to an activating group) is 1. The summed E-state index contributed by atoms with van der Waals surface area (Å²) in [4.78, 5) is 17.2. The number of nitrogens with zero attached hydrogens (tertiary/aromatic N) is 2. The average Bonchev–Trinajstić information content (AvgIpc) is 2.58. The molecular formula is C19H31N3O. The molecule has 1 atom stereocenters. The Morgan fingerprint density at radius 1 is 1.09 bits per heavy atom. The second-order valence-corrected chi connectivity index (χ2v) is 6.52. The van der Waals surface area contributed by atoms with E-state index in [1.54, 1.807) is 0 Å². The molecule has 1 saturated heterocycles. The van der Waals surface area contributed by atoms with Crippen LogP contribution in [-0.2, 0) is 4.79 Å². The fourth-order valence-electron chi connectivity index (χ4n) is 3.27. The molecule has 4 heteroatoms. The molecule has 1 aromatic carbocycles. The van der Waals surface area contributed by atoms with Crippen molar-refractivity contribution >= 4 is 5.91 Å². The van der Waals surface area contributed by atoms with Crippen LogP contribution in [0, 0.1) is 5.92 Å². The van der Waals surface area contributed by atoms with Crippen LogP contribution in [-0.4, -0.2) is 55.5 Å². The normalized spacial score (nSPS) is 18.1. The van der Waals surface area contributed by atoms with Crippen molar-refractivity contribution in [1.29, 1.82) is 0 Å². The summed E-state index contributed by atoms with van der Waals surface area (Å²) >= 11 is 0. The Balaban J connectivity index is 2.04. The van der Waals surface area contributed by atoms with E-state index >= 15 is 0 Å². The molecule has 0 aromatic heterocycles. The van der Waals surface area contributed by atoms with Gasteiger partial charge in [0, 0.05) is 38.6 Å². The smallest absolute Gasteiger partial charge is 0.223 e. The SMILES string of the molecule is CCC(CC)C(=O)NCC(c1ccccc1)N1CCN(C)CC1. The van der Waals surface area contributed by atoms with E-state index in [1.807, 2.05) is 6.07 Å². The molecule has 0 bridgehead atoms. The van der Waals surface area contributed by atoms with Crippen LogP contribution >= 0.6 is 0 Å². The molecule has 0 aliphatic carbocycles. The lowest BCUT2D eigenvalue weighted by Crippen LogP contribution is -2.48. The van der Waals surface area contributed by atoms with Gasteiger partial charge in [-0.25, -0.2) is 0 Å². The maximum Gasteiger partial charge on any atom is 0.223 e. The lowest BCUT2D eigenvalue weighted by Gasteiger charge is -2.38. The summed E-state index contributed by atoms with van der Waals surface area (Å²) in [5.41, 5.74) is 1.29. The number of hydrogen-bond acceptors (Lipinski definition) is 3. The monoisotopic (exact) mass is 317 g/mol. The Bertz CT molecular complexity index is 465. The highest BCUT2D eigenvalue weighted by molar-refractivity contribution is 5.78. The number of carbonyl (C=O) groups excluding carboxylic acids is 1. The van der Waals surface area contributed by atoms with Crippen LogP contribution in [0.25, 0.3) is 0 Å². The van der Waals surface area contributed by atoms with Crippen LogP contribution in [0.3, 0.4) is 0 Å². The third-order valence-corrected chi connectivity index (χ3v) is 4.99. The van der Waals surface area contributed by atoms with Crippen LogP contribution < -0.4 is 5.32 Å². The molecule has 2 rings (SSSR count). The second kappa shape index (κ2) is 9.04. The van der Waals surface area contributed by atoms with Crippen LogP contribution in [0.5, 0.6) is 0 Å². The number of rotatable bonds is 7. The van der Waals surface area contributed by atoms with E-state index in [-0.39, 0.29) is 17.9 Å². The van der Waals surface area contributed by atoms with Crippen molar-refractivity contribution in [1.82, 2.24) is 15.1 Å². The standard InChI is InChI=1S/C19H31N3O/c1-4-16(5-2)19(23)20-15-18(17-9-7-6-8-10-17)22-13-11-21(3)12-14-22/h6-10,16,18H,4-5,11-15H2,1-3H3,(H,20,23). The van der Waals surface area contributed by atoms with Crippen LogP contribution in [0.1, 0.15) is 38.3 Å². The predicted molar refractivity (Wildman–Crippen MR) is 95.3 cm³/mol. The van der Waals surface area contributed by atoms with Gasteiger partial charge >= 0.3 is 0 Å². The lowest BCUT2D eigenvalue weighted by molar-refractivity contribution is -0.125. The molecule has 1 aliphatic heterocycles. The maximum absolute atomic E-state index is 12.3. The molecule has 0 spiro atoms. The number of carbonyl (C=O) groups is 1. The maximum atomic E-state index is 12.3. The van der Waals surface area contributed by atoms with E-state index in [0.717, 1.165) is 39.0 Å². The van der Waals surface area contributed by atoms with E-state index in [4.69, 9.17) is 0 Å². The fraction of sp³-hybridized carbons (Fsp3) is 0.632. The van der Waals surface area contributed by atoms with Gasteiger partial charge in [-0.05, 0) is 25.5 Å². The highest BCUT2D eigenvalue weighted by atomic mass is 16.1. The third-order valence-electron chi connectivity index (χ3n) is 4.99. The minimum atomic E-state index is 0.138. The largest absolute Gasteiger partial charge is 0.354 e. The Morgan fingerprint density at radius 3 is 2.26 bits per heavy atom. The van der Waals surface area contributed by atoms with Crippen molar-refractivity contribution < 1.29 is 4.79 Å². The van der Waals surface area contributed by atoms with E-state index in [9.17, 15) is 4.79 Å². The predicted octanol–water partition coefficient (Wildman–Crippen LogP) is 2.53. The average molecular weight is 317 g/mol. The lowest BCUT2D eigenvalue weighted by atomic mass is 10.0. The third kappa shape index (κ3) is 5.05. The summed E-state index contributed by atoms with van der Waals surface area (Å²) in [6, 6.07) is 10.8. The quantitative estimate of drug-likeness (QED) is 0.839. The van der Waals surface area contributed by atoms with Gasteiger partial charge in [0.15, 0.2) is 0 Å². The number of benzene rings is 1. The van der Waals surface area contributed by atoms with Gasteiger partial charge in [-0.1, -0.05) is 44.2 Å². The van der Waals surface area contributed by atoms with Crippen LogP contribution in [0.4, 0.5) is 0 Å². The Morgan fingerprint density at radius 2 is 1.70 bits per heavy atom. The first-order valence-corrected chi connectivity index (χ1v) is 8.90. The number of piperazine rings is 1. The number of hydrogen-bond donors (Lipinski definition) is 1. The van der Waals surface area contributed by atoms with Crippen molar-refractivity contribution in [3.8, 4) is 0 Å². The molecular weight excluding hydrogens is 286 g/mol. The van der Waals surface area contributed by atoms with E-state index in [2.05, 4.69) is 60.3 Å². The van der Waals surface area contributed by atoms with Crippen LogP contribution in [0.2, 0.25) is 0 Å². The van der Waals surface area contributed by atoms with Gasteiger partial charge in [-0.3, -0.25) is 9.69 Å². The summed E-state index contributed by atoms with van der Waals surface area (Å²) < 4.78 is 0. The molecule has 1 amide bonds. The first kappa shape index (κ1) is 18.0. The first-order chi connectivity index (χ1) is 11.2. The molecule has 1 heterocycles. The molecule has 23 heavy (non-hydrogen) atoms. The summed E-state index contributed by atoms with van der Waals surface area (Å²) in [5, 5.41) is 3.20. The van der Waals surface area contributed by atoms with Gasteiger partial charge in [0.25, 0.3) is 0 Å². The van der Waals surface area contributed by atoms with Crippen molar-refractivity contribution in [3.63, 3.8) is 0 Å². The highest BCUT2D eigenvalue weighted by Crippen LogP contribution is 2.21. The second-order valence-electron chi connectivity index (χ2n) is 6.52. The minimum Gasteiger partial charge on any atom is -0.354 e. The minimum absolute atomic E-state index is 0.138. The van der Waals surface area contributed by atoms with E-state index in [1.165, 1.54) is 5.56 Å². The molecule has 128 valence electrons. The van der Waals surface area contributed by atoms with Crippen LogP contribution in [0.15, 0.2) is 30.3 Å². The summed E-state index contributed by atoms with van der Waals surface area (Å²) in [6.07, 6.45) is 1.82. The first-order valence-electron chi connectivity index (χ1n) is 8.90. The zero-order valence-electron chi connectivity index (χ0n) is 14.8. The fourth-order valence-corrected chi connectivity index (χ4v) is 3.27.